The minimum atomic E-state index is -0.292. The van der Waals surface area contributed by atoms with Crippen LogP contribution in [0.4, 0.5) is 0 Å². The van der Waals surface area contributed by atoms with Gasteiger partial charge < -0.3 is 10.1 Å². The molecule has 1 N–H and O–H groups in total. The first-order valence-electron chi connectivity index (χ1n) is 7.26. The van der Waals surface area contributed by atoms with Gasteiger partial charge in [-0.2, -0.15) is 0 Å². The molecule has 0 fully saturated rings. The standard InChI is InChI=1S/C17H12Cl3N3O2/c18-11-3-1-2-10(4-11)7-21-15(24)8-25-17-13-5-12(19)6-14(20)16(13)22-9-23-17/h1-6,9H,7-8H2,(H,21,24). The number of halogens is 3. The second kappa shape index (κ2) is 7.87. The summed E-state index contributed by atoms with van der Waals surface area (Å²) in [5.41, 5.74) is 1.40. The average molecular weight is 397 g/mol. The Bertz CT molecular complexity index is 934. The van der Waals surface area contributed by atoms with Crippen LogP contribution in [0.1, 0.15) is 5.56 Å². The van der Waals surface area contributed by atoms with Gasteiger partial charge in [0.25, 0.3) is 5.91 Å². The molecule has 2 aromatic carbocycles. The highest BCUT2D eigenvalue weighted by molar-refractivity contribution is 6.38. The first kappa shape index (κ1) is 17.7. The van der Waals surface area contributed by atoms with Gasteiger partial charge in [0.2, 0.25) is 5.88 Å². The Kier molecular flexibility index (Phi) is 5.58. The second-order valence-electron chi connectivity index (χ2n) is 5.16. The largest absolute Gasteiger partial charge is 0.467 e. The third kappa shape index (κ3) is 4.51. The lowest BCUT2D eigenvalue weighted by atomic mass is 10.2. The van der Waals surface area contributed by atoms with Crippen LogP contribution in [-0.4, -0.2) is 22.5 Å². The van der Waals surface area contributed by atoms with Crippen LogP contribution in [0, 0.1) is 0 Å². The third-order valence-electron chi connectivity index (χ3n) is 3.34. The maximum Gasteiger partial charge on any atom is 0.258 e. The van der Waals surface area contributed by atoms with E-state index in [2.05, 4.69) is 15.3 Å². The zero-order valence-electron chi connectivity index (χ0n) is 12.8. The number of nitrogens with zero attached hydrogens (tertiary/aromatic N) is 2. The summed E-state index contributed by atoms with van der Waals surface area (Å²) in [6.45, 7) is 0.155. The van der Waals surface area contributed by atoms with Crippen molar-refractivity contribution in [1.82, 2.24) is 15.3 Å². The molecule has 5 nitrogen and oxygen atoms in total. The summed E-state index contributed by atoms with van der Waals surface area (Å²) in [5.74, 6) is -0.0489. The number of aromatic nitrogens is 2. The van der Waals surface area contributed by atoms with Gasteiger partial charge in [-0.1, -0.05) is 46.9 Å². The topological polar surface area (TPSA) is 64.1 Å². The fourth-order valence-electron chi connectivity index (χ4n) is 2.22. The van der Waals surface area contributed by atoms with Crippen LogP contribution in [0.25, 0.3) is 10.9 Å². The van der Waals surface area contributed by atoms with Gasteiger partial charge >= 0.3 is 0 Å². The van der Waals surface area contributed by atoms with Crippen LogP contribution in [0.2, 0.25) is 15.1 Å². The molecule has 8 heteroatoms. The van der Waals surface area contributed by atoms with E-state index < -0.39 is 0 Å². The number of amides is 1. The molecule has 1 aromatic heterocycles. The first-order valence-corrected chi connectivity index (χ1v) is 8.40. The van der Waals surface area contributed by atoms with Gasteiger partial charge in [-0.25, -0.2) is 9.97 Å². The van der Waals surface area contributed by atoms with Crippen LogP contribution >= 0.6 is 34.8 Å². The third-order valence-corrected chi connectivity index (χ3v) is 4.08. The van der Waals surface area contributed by atoms with Crippen molar-refractivity contribution in [2.45, 2.75) is 6.54 Å². The van der Waals surface area contributed by atoms with Gasteiger partial charge in [-0.15, -0.1) is 0 Å². The lowest BCUT2D eigenvalue weighted by molar-refractivity contribution is -0.123. The molecule has 0 aliphatic rings. The Morgan fingerprint density at radius 1 is 1.08 bits per heavy atom. The van der Waals surface area contributed by atoms with Crippen molar-refractivity contribution >= 4 is 51.6 Å². The van der Waals surface area contributed by atoms with E-state index in [-0.39, 0.29) is 18.4 Å². The fraction of sp³-hybridized carbons (Fsp3) is 0.118. The molecule has 0 spiro atoms. The number of carbonyl (C=O) groups excluding carboxylic acids is 1. The second-order valence-corrected chi connectivity index (χ2v) is 6.44. The van der Waals surface area contributed by atoms with Crippen molar-refractivity contribution < 1.29 is 9.53 Å². The van der Waals surface area contributed by atoms with Crippen LogP contribution in [0.3, 0.4) is 0 Å². The van der Waals surface area contributed by atoms with Crippen LogP contribution in [-0.2, 0) is 11.3 Å². The number of ether oxygens (including phenoxy) is 1. The number of rotatable bonds is 5. The predicted octanol–water partition coefficient (Wildman–Crippen LogP) is 4.29. The summed E-state index contributed by atoms with van der Waals surface area (Å²) in [6.07, 6.45) is 1.32. The van der Waals surface area contributed by atoms with E-state index in [1.807, 2.05) is 12.1 Å². The summed E-state index contributed by atoms with van der Waals surface area (Å²) >= 11 is 18.0. The summed E-state index contributed by atoms with van der Waals surface area (Å²) < 4.78 is 5.50. The molecule has 3 rings (SSSR count). The minimum absolute atomic E-state index is 0.198. The minimum Gasteiger partial charge on any atom is -0.467 e. The molecule has 0 aliphatic heterocycles. The fourth-order valence-corrected chi connectivity index (χ4v) is 2.97. The first-order chi connectivity index (χ1) is 12.0. The number of carbonyl (C=O) groups is 1. The van der Waals surface area contributed by atoms with Gasteiger partial charge in [0.05, 0.1) is 15.9 Å². The van der Waals surface area contributed by atoms with Gasteiger partial charge in [0.1, 0.15) is 6.33 Å². The van der Waals surface area contributed by atoms with Crippen LogP contribution < -0.4 is 10.1 Å². The molecule has 128 valence electrons. The van der Waals surface area contributed by atoms with Crippen molar-refractivity contribution in [3.63, 3.8) is 0 Å². The highest BCUT2D eigenvalue weighted by Gasteiger charge is 2.11. The molecule has 0 saturated heterocycles. The lowest BCUT2D eigenvalue weighted by Crippen LogP contribution is -2.28. The van der Waals surface area contributed by atoms with E-state index in [1.54, 1.807) is 24.3 Å². The molecule has 25 heavy (non-hydrogen) atoms. The maximum absolute atomic E-state index is 12.0. The van der Waals surface area contributed by atoms with E-state index in [4.69, 9.17) is 39.5 Å². The van der Waals surface area contributed by atoms with Crippen molar-refractivity contribution in [3.05, 3.63) is 63.4 Å². The lowest BCUT2D eigenvalue weighted by Gasteiger charge is -2.09. The summed E-state index contributed by atoms with van der Waals surface area (Å²) in [4.78, 5) is 20.1. The maximum atomic E-state index is 12.0. The number of nitrogens with one attached hydrogen (secondary N) is 1. The molecule has 0 unspecified atom stereocenters. The summed E-state index contributed by atoms with van der Waals surface area (Å²) in [6, 6.07) is 10.5. The molecule has 1 heterocycles. The molecule has 1 amide bonds. The van der Waals surface area contributed by atoms with Gasteiger partial charge in [-0.3, -0.25) is 4.79 Å². The Morgan fingerprint density at radius 3 is 2.72 bits per heavy atom. The van der Waals surface area contributed by atoms with E-state index in [1.165, 1.54) is 6.33 Å². The van der Waals surface area contributed by atoms with Crippen molar-refractivity contribution in [3.8, 4) is 5.88 Å². The molecular formula is C17H12Cl3N3O2. The van der Waals surface area contributed by atoms with Crippen LogP contribution in [0.15, 0.2) is 42.7 Å². The highest BCUT2D eigenvalue weighted by Crippen LogP contribution is 2.30. The molecule has 0 saturated carbocycles. The van der Waals surface area contributed by atoms with Crippen LogP contribution in [0.5, 0.6) is 5.88 Å². The molecule has 3 aromatic rings. The van der Waals surface area contributed by atoms with Crippen molar-refractivity contribution in [2.75, 3.05) is 6.61 Å². The zero-order chi connectivity index (χ0) is 17.8. The Labute approximate surface area is 158 Å². The van der Waals surface area contributed by atoms with E-state index >= 15 is 0 Å². The van der Waals surface area contributed by atoms with Gasteiger partial charge in [0.15, 0.2) is 6.61 Å². The smallest absolute Gasteiger partial charge is 0.258 e. The van der Waals surface area contributed by atoms with Crippen molar-refractivity contribution in [1.29, 1.82) is 0 Å². The molecule has 0 atom stereocenters. The zero-order valence-corrected chi connectivity index (χ0v) is 15.1. The monoisotopic (exact) mass is 395 g/mol. The predicted molar refractivity (Wildman–Crippen MR) is 98.4 cm³/mol. The van der Waals surface area contributed by atoms with Crippen molar-refractivity contribution in [2.24, 2.45) is 0 Å². The number of hydrogen-bond acceptors (Lipinski definition) is 4. The Hall–Kier alpha value is -2.08. The Balaban J connectivity index is 1.65. The van der Waals surface area contributed by atoms with E-state index in [0.717, 1.165) is 5.56 Å². The SMILES string of the molecule is O=C(COc1ncnc2c(Cl)cc(Cl)cc12)NCc1cccc(Cl)c1. The quantitative estimate of drug-likeness (QED) is 0.699. The van der Waals surface area contributed by atoms with E-state index in [0.29, 0.717) is 32.5 Å². The normalized spacial score (nSPS) is 10.7. The van der Waals surface area contributed by atoms with Gasteiger partial charge in [0, 0.05) is 16.6 Å². The highest BCUT2D eigenvalue weighted by atomic mass is 35.5. The summed E-state index contributed by atoms with van der Waals surface area (Å²) in [7, 11) is 0. The van der Waals surface area contributed by atoms with Gasteiger partial charge in [-0.05, 0) is 29.8 Å². The van der Waals surface area contributed by atoms with E-state index in [9.17, 15) is 4.79 Å². The summed E-state index contributed by atoms with van der Waals surface area (Å²) in [5, 5.41) is 4.73. The average Bonchev–Trinajstić information content (AvgIpc) is 2.58. The molecule has 0 bridgehead atoms. The number of fused-ring (bicyclic) bond motifs is 1. The number of hydrogen-bond donors (Lipinski definition) is 1. The number of benzene rings is 2. The molecule has 0 aliphatic carbocycles. The Morgan fingerprint density at radius 2 is 1.92 bits per heavy atom. The molecular weight excluding hydrogens is 385 g/mol. The molecule has 0 radical (unpaired) electrons.